The predicted octanol–water partition coefficient (Wildman–Crippen LogP) is 1.13. The van der Waals surface area contributed by atoms with Crippen molar-refractivity contribution in [1.29, 1.82) is 0 Å². The van der Waals surface area contributed by atoms with Crippen LogP contribution in [-0.2, 0) is 6.42 Å². The molecule has 1 aliphatic carbocycles. The third kappa shape index (κ3) is 2.45. The number of aromatic nitrogens is 1. The van der Waals surface area contributed by atoms with Gasteiger partial charge in [-0.15, -0.1) is 0 Å². The SMILES string of the molecule is Cc1c[nH]c2c1C(N1CCN(C)CC1)CC(CN)C2. The first kappa shape index (κ1) is 13.2. The summed E-state index contributed by atoms with van der Waals surface area (Å²) in [6.45, 7) is 7.78. The van der Waals surface area contributed by atoms with Crippen molar-refractivity contribution in [2.75, 3.05) is 39.8 Å². The molecule has 2 unspecified atom stereocenters. The molecule has 0 aromatic carbocycles. The minimum Gasteiger partial charge on any atom is -0.364 e. The van der Waals surface area contributed by atoms with Crippen LogP contribution in [0, 0.1) is 12.8 Å². The molecule has 2 atom stereocenters. The number of hydrogen-bond donors (Lipinski definition) is 2. The lowest BCUT2D eigenvalue weighted by atomic mass is 9.82. The first-order valence-electron chi connectivity index (χ1n) is 7.48. The van der Waals surface area contributed by atoms with E-state index in [0.29, 0.717) is 12.0 Å². The number of fused-ring (bicyclic) bond motifs is 1. The summed E-state index contributed by atoms with van der Waals surface area (Å²) < 4.78 is 0. The van der Waals surface area contributed by atoms with Crippen LogP contribution in [0.4, 0.5) is 0 Å². The van der Waals surface area contributed by atoms with Gasteiger partial charge in [-0.3, -0.25) is 4.90 Å². The fourth-order valence-corrected chi connectivity index (χ4v) is 3.67. The molecule has 2 heterocycles. The van der Waals surface area contributed by atoms with Gasteiger partial charge in [0.1, 0.15) is 0 Å². The monoisotopic (exact) mass is 262 g/mol. The van der Waals surface area contributed by atoms with Crippen molar-refractivity contribution < 1.29 is 0 Å². The first-order chi connectivity index (χ1) is 9.19. The van der Waals surface area contributed by atoms with Gasteiger partial charge in [0.05, 0.1) is 0 Å². The van der Waals surface area contributed by atoms with E-state index in [1.807, 2.05) is 0 Å². The van der Waals surface area contributed by atoms with Crippen LogP contribution >= 0.6 is 0 Å². The molecule has 0 saturated carbocycles. The number of aryl methyl sites for hydroxylation is 1. The Balaban J connectivity index is 1.85. The van der Waals surface area contributed by atoms with E-state index in [1.54, 1.807) is 5.56 Å². The fraction of sp³-hybridized carbons (Fsp3) is 0.733. The van der Waals surface area contributed by atoms with Gasteiger partial charge in [0.15, 0.2) is 0 Å². The second-order valence-corrected chi connectivity index (χ2v) is 6.26. The van der Waals surface area contributed by atoms with E-state index in [2.05, 4.69) is 35.0 Å². The Morgan fingerprint density at radius 3 is 2.74 bits per heavy atom. The van der Waals surface area contributed by atoms with E-state index in [0.717, 1.165) is 13.0 Å². The summed E-state index contributed by atoms with van der Waals surface area (Å²) >= 11 is 0. The number of H-pyrrole nitrogens is 1. The van der Waals surface area contributed by atoms with Crippen molar-refractivity contribution in [2.24, 2.45) is 11.7 Å². The second-order valence-electron chi connectivity index (χ2n) is 6.26. The number of nitrogens with zero attached hydrogens (tertiary/aromatic N) is 2. The lowest BCUT2D eigenvalue weighted by Crippen LogP contribution is -2.47. The van der Waals surface area contributed by atoms with Crippen LogP contribution in [0.5, 0.6) is 0 Å². The molecule has 0 radical (unpaired) electrons. The van der Waals surface area contributed by atoms with Crippen molar-refractivity contribution in [3.05, 3.63) is 23.0 Å². The zero-order chi connectivity index (χ0) is 13.4. The summed E-state index contributed by atoms with van der Waals surface area (Å²) in [6, 6.07) is 0.581. The Hall–Kier alpha value is -0.840. The summed E-state index contributed by atoms with van der Waals surface area (Å²) in [5.41, 5.74) is 10.4. The zero-order valence-electron chi connectivity index (χ0n) is 12.2. The van der Waals surface area contributed by atoms with Crippen LogP contribution in [0.1, 0.15) is 29.3 Å². The minimum atomic E-state index is 0.581. The van der Waals surface area contributed by atoms with Gasteiger partial charge in [-0.25, -0.2) is 0 Å². The van der Waals surface area contributed by atoms with Crippen molar-refractivity contribution in [3.63, 3.8) is 0 Å². The third-order valence-corrected chi connectivity index (χ3v) is 4.91. The van der Waals surface area contributed by atoms with Crippen molar-refractivity contribution in [3.8, 4) is 0 Å². The number of piperazine rings is 1. The molecule has 1 fully saturated rings. The predicted molar refractivity (Wildman–Crippen MR) is 78.2 cm³/mol. The molecule has 1 aliphatic heterocycles. The highest BCUT2D eigenvalue weighted by Crippen LogP contribution is 2.38. The summed E-state index contributed by atoms with van der Waals surface area (Å²) in [4.78, 5) is 8.56. The highest BCUT2D eigenvalue weighted by Gasteiger charge is 2.33. The Bertz CT molecular complexity index is 431. The lowest BCUT2D eigenvalue weighted by Gasteiger charge is -2.41. The van der Waals surface area contributed by atoms with Crippen LogP contribution in [0.3, 0.4) is 0 Å². The van der Waals surface area contributed by atoms with Gasteiger partial charge < -0.3 is 15.6 Å². The smallest absolute Gasteiger partial charge is 0.0372 e. The molecule has 1 aromatic heterocycles. The van der Waals surface area contributed by atoms with Crippen LogP contribution in [0.15, 0.2) is 6.20 Å². The van der Waals surface area contributed by atoms with Gasteiger partial charge in [-0.2, -0.15) is 0 Å². The fourth-order valence-electron chi connectivity index (χ4n) is 3.67. The Morgan fingerprint density at radius 1 is 1.32 bits per heavy atom. The largest absolute Gasteiger partial charge is 0.364 e. The van der Waals surface area contributed by atoms with Crippen LogP contribution in [-0.4, -0.2) is 54.6 Å². The normalized spacial score (nSPS) is 29.4. The molecule has 1 aromatic rings. The van der Waals surface area contributed by atoms with Crippen LogP contribution in [0.25, 0.3) is 0 Å². The molecule has 3 N–H and O–H groups in total. The van der Waals surface area contributed by atoms with Crippen LogP contribution in [0.2, 0.25) is 0 Å². The summed E-state index contributed by atoms with van der Waals surface area (Å²) in [5.74, 6) is 0.634. The molecule has 106 valence electrons. The average molecular weight is 262 g/mol. The van der Waals surface area contributed by atoms with Gasteiger partial charge in [-0.05, 0) is 50.4 Å². The van der Waals surface area contributed by atoms with Crippen LogP contribution < -0.4 is 5.73 Å². The molecule has 0 amide bonds. The molecule has 4 heteroatoms. The first-order valence-corrected chi connectivity index (χ1v) is 7.48. The van der Waals surface area contributed by atoms with E-state index in [1.165, 1.54) is 43.9 Å². The van der Waals surface area contributed by atoms with Crippen molar-refractivity contribution in [2.45, 2.75) is 25.8 Å². The van der Waals surface area contributed by atoms with E-state index in [9.17, 15) is 0 Å². The number of hydrogen-bond acceptors (Lipinski definition) is 3. The van der Waals surface area contributed by atoms with Gasteiger partial charge in [0.25, 0.3) is 0 Å². The number of aromatic amines is 1. The minimum absolute atomic E-state index is 0.581. The maximum Gasteiger partial charge on any atom is 0.0372 e. The summed E-state index contributed by atoms with van der Waals surface area (Å²) in [5, 5.41) is 0. The lowest BCUT2D eigenvalue weighted by molar-refractivity contribution is 0.0923. The number of rotatable bonds is 2. The molecule has 0 spiro atoms. The van der Waals surface area contributed by atoms with Gasteiger partial charge in [-0.1, -0.05) is 0 Å². The molecule has 2 aliphatic rings. The van der Waals surface area contributed by atoms with Crippen molar-refractivity contribution >= 4 is 0 Å². The van der Waals surface area contributed by atoms with E-state index >= 15 is 0 Å². The molecular weight excluding hydrogens is 236 g/mol. The van der Waals surface area contributed by atoms with Crippen molar-refractivity contribution in [1.82, 2.24) is 14.8 Å². The quantitative estimate of drug-likeness (QED) is 0.840. The number of nitrogens with one attached hydrogen (secondary N) is 1. The highest BCUT2D eigenvalue weighted by molar-refractivity contribution is 5.35. The molecule has 4 nitrogen and oxygen atoms in total. The Labute approximate surface area is 116 Å². The number of nitrogens with two attached hydrogens (primary N) is 1. The second kappa shape index (κ2) is 5.27. The Kier molecular flexibility index (Phi) is 3.65. The van der Waals surface area contributed by atoms with Gasteiger partial charge >= 0.3 is 0 Å². The standard InChI is InChI=1S/C15H26N4/c1-11-10-17-13-7-12(9-16)8-14(15(11)13)19-5-3-18(2)4-6-19/h10,12,14,17H,3-9,16H2,1-2H3. The summed E-state index contributed by atoms with van der Waals surface area (Å²) in [7, 11) is 2.22. The molecule has 1 saturated heterocycles. The Morgan fingerprint density at radius 2 is 2.05 bits per heavy atom. The summed E-state index contributed by atoms with van der Waals surface area (Å²) in [6.07, 6.45) is 4.53. The number of likely N-dealkylation sites (N-methyl/N-ethyl adjacent to an activating group) is 1. The molecule has 19 heavy (non-hydrogen) atoms. The van der Waals surface area contributed by atoms with Gasteiger partial charge in [0.2, 0.25) is 0 Å². The third-order valence-electron chi connectivity index (χ3n) is 4.91. The average Bonchev–Trinajstić information content (AvgIpc) is 2.80. The molecule has 3 rings (SSSR count). The maximum absolute atomic E-state index is 5.94. The molecule has 0 bridgehead atoms. The highest BCUT2D eigenvalue weighted by atomic mass is 15.3. The van der Waals surface area contributed by atoms with Gasteiger partial charge in [0, 0.05) is 44.1 Å². The molecular formula is C15H26N4. The maximum atomic E-state index is 5.94. The van der Waals surface area contributed by atoms with E-state index < -0.39 is 0 Å². The zero-order valence-corrected chi connectivity index (χ0v) is 12.2. The van der Waals surface area contributed by atoms with E-state index in [4.69, 9.17) is 5.73 Å². The van der Waals surface area contributed by atoms with E-state index in [-0.39, 0.29) is 0 Å². The topological polar surface area (TPSA) is 48.3 Å².